The summed E-state index contributed by atoms with van der Waals surface area (Å²) in [5, 5.41) is 8.06. The summed E-state index contributed by atoms with van der Waals surface area (Å²) in [4.78, 5) is 4.88. The average molecular weight is 453 g/mol. The van der Waals surface area contributed by atoms with Gasteiger partial charge in [-0.05, 0) is 30.3 Å². The summed E-state index contributed by atoms with van der Waals surface area (Å²) in [6.07, 6.45) is 1.42. The maximum Gasteiger partial charge on any atom is 0.264 e. The summed E-state index contributed by atoms with van der Waals surface area (Å²) in [6.45, 7) is 1.33. The molecular weight excluding hydrogens is 433 g/mol. The van der Waals surface area contributed by atoms with E-state index in [0.717, 1.165) is 5.56 Å². The van der Waals surface area contributed by atoms with Gasteiger partial charge < -0.3 is 14.3 Å². The largest absolute Gasteiger partial charge is 0.415 e. The van der Waals surface area contributed by atoms with Gasteiger partial charge in [0.15, 0.2) is 0 Å². The zero-order chi connectivity index (χ0) is 22.1. The molecule has 4 aromatic rings. The van der Waals surface area contributed by atoms with Crippen LogP contribution in [-0.4, -0.2) is 54.1 Å². The first kappa shape index (κ1) is 20.4. The van der Waals surface area contributed by atoms with Gasteiger partial charge in [-0.3, -0.25) is 0 Å². The summed E-state index contributed by atoms with van der Waals surface area (Å²) in [5.74, 6) is 0.243. The van der Waals surface area contributed by atoms with E-state index in [9.17, 15) is 12.8 Å². The Labute approximate surface area is 184 Å². The number of H-pyrrole nitrogens is 1. The number of aromatic nitrogens is 3. The zero-order valence-electron chi connectivity index (χ0n) is 17.0. The second-order valence-corrected chi connectivity index (χ2v) is 9.31. The minimum absolute atomic E-state index is 0.117. The molecule has 0 unspecified atom stereocenters. The smallest absolute Gasteiger partial charge is 0.264 e. The highest BCUT2D eigenvalue weighted by molar-refractivity contribution is 7.89. The second-order valence-electron chi connectivity index (χ2n) is 7.37. The molecule has 0 saturated carbocycles. The van der Waals surface area contributed by atoms with Gasteiger partial charge in [-0.15, -0.1) is 10.2 Å². The number of nitrogens with zero attached hydrogens (tertiary/aromatic N) is 4. The van der Waals surface area contributed by atoms with Crippen molar-refractivity contribution in [3.05, 3.63) is 72.7 Å². The van der Waals surface area contributed by atoms with E-state index in [2.05, 4.69) is 15.2 Å². The lowest BCUT2D eigenvalue weighted by Gasteiger charge is -2.35. The van der Waals surface area contributed by atoms with Crippen LogP contribution in [0, 0.1) is 5.82 Å². The number of para-hydroxylation sites is 1. The molecule has 2 aromatic carbocycles. The second kappa shape index (κ2) is 8.21. The Balaban J connectivity index is 1.31. The number of hydrogen-bond acceptors (Lipinski definition) is 6. The van der Waals surface area contributed by atoms with Crippen molar-refractivity contribution in [3.8, 4) is 23.0 Å². The number of hydrogen-bond donors (Lipinski definition) is 1. The molecule has 10 heteroatoms. The summed E-state index contributed by atoms with van der Waals surface area (Å²) >= 11 is 0. The Morgan fingerprint density at radius 3 is 2.34 bits per heavy atom. The molecule has 0 aliphatic carbocycles. The van der Waals surface area contributed by atoms with Gasteiger partial charge in [-0.25, -0.2) is 12.8 Å². The molecule has 0 spiro atoms. The number of nitrogens with one attached hydrogen (secondary N) is 1. The Morgan fingerprint density at radius 1 is 0.906 bits per heavy atom. The van der Waals surface area contributed by atoms with Gasteiger partial charge in [0.2, 0.25) is 15.9 Å². The minimum Gasteiger partial charge on any atom is -0.415 e. The third kappa shape index (κ3) is 3.78. The predicted molar refractivity (Wildman–Crippen MR) is 117 cm³/mol. The molecule has 1 aliphatic heterocycles. The molecule has 0 radical (unpaired) electrons. The SMILES string of the molecule is O=S(=O)(c1c[nH]c(-c2nnc(-c3ccccc3)o2)c1)N1CCN(c2ccccc2F)CC1. The van der Waals surface area contributed by atoms with Crippen molar-refractivity contribution in [2.45, 2.75) is 4.90 Å². The normalized spacial score (nSPS) is 15.2. The first-order valence-electron chi connectivity index (χ1n) is 10.1. The summed E-state index contributed by atoms with van der Waals surface area (Å²) in [7, 11) is -3.72. The molecule has 1 saturated heterocycles. The van der Waals surface area contributed by atoms with Gasteiger partial charge in [-0.1, -0.05) is 30.3 Å². The molecule has 0 amide bonds. The van der Waals surface area contributed by atoms with E-state index in [-0.39, 0.29) is 29.7 Å². The lowest BCUT2D eigenvalue weighted by Crippen LogP contribution is -2.48. The van der Waals surface area contributed by atoms with Crippen LogP contribution in [0.1, 0.15) is 0 Å². The van der Waals surface area contributed by atoms with Crippen molar-refractivity contribution >= 4 is 15.7 Å². The molecule has 3 heterocycles. The van der Waals surface area contributed by atoms with Gasteiger partial charge in [0.1, 0.15) is 16.4 Å². The van der Waals surface area contributed by atoms with E-state index < -0.39 is 10.0 Å². The van der Waals surface area contributed by atoms with E-state index in [0.29, 0.717) is 30.4 Å². The van der Waals surface area contributed by atoms with Crippen LogP contribution < -0.4 is 4.90 Å². The Kier molecular flexibility index (Phi) is 5.24. The highest BCUT2D eigenvalue weighted by atomic mass is 32.2. The van der Waals surface area contributed by atoms with E-state index in [1.54, 1.807) is 18.2 Å². The van der Waals surface area contributed by atoms with Crippen LogP contribution in [0.3, 0.4) is 0 Å². The van der Waals surface area contributed by atoms with Crippen molar-refractivity contribution < 1.29 is 17.2 Å². The summed E-state index contributed by atoms with van der Waals surface area (Å²) in [5.41, 5.74) is 1.68. The lowest BCUT2D eigenvalue weighted by molar-refractivity contribution is 0.383. The van der Waals surface area contributed by atoms with Gasteiger partial charge in [0, 0.05) is 37.9 Å². The van der Waals surface area contributed by atoms with Crippen LogP contribution in [0.25, 0.3) is 23.0 Å². The predicted octanol–water partition coefficient (Wildman–Crippen LogP) is 3.38. The molecule has 1 aliphatic rings. The van der Waals surface area contributed by atoms with Gasteiger partial charge in [-0.2, -0.15) is 4.31 Å². The molecule has 1 N–H and O–H groups in total. The van der Waals surface area contributed by atoms with E-state index in [4.69, 9.17) is 4.42 Å². The molecule has 32 heavy (non-hydrogen) atoms. The Morgan fingerprint density at radius 2 is 1.59 bits per heavy atom. The van der Waals surface area contributed by atoms with Crippen molar-refractivity contribution in [3.63, 3.8) is 0 Å². The maximum atomic E-state index is 14.0. The Hall–Kier alpha value is -3.50. The summed E-state index contributed by atoms with van der Waals surface area (Å²) < 4.78 is 47.4. The Bertz CT molecular complexity index is 1330. The molecule has 5 rings (SSSR count). The minimum atomic E-state index is -3.72. The fourth-order valence-corrected chi connectivity index (χ4v) is 5.12. The molecule has 1 fully saturated rings. The molecule has 2 aromatic heterocycles. The molecule has 0 bridgehead atoms. The number of halogens is 1. The quantitative estimate of drug-likeness (QED) is 0.498. The number of aromatic amines is 1. The zero-order valence-corrected chi connectivity index (χ0v) is 17.8. The van der Waals surface area contributed by atoms with Crippen LogP contribution in [0.4, 0.5) is 10.1 Å². The fourth-order valence-electron chi connectivity index (χ4n) is 3.70. The first-order chi connectivity index (χ1) is 15.5. The molecule has 164 valence electrons. The van der Waals surface area contributed by atoms with Crippen LogP contribution in [0.2, 0.25) is 0 Å². The lowest BCUT2D eigenvalue weighted by atomic mass is 10.2. The van der Waals surface area contributed by atoms with Crippen molar-refractivity contribution in [1.82, 2.24) is 19.5 Å². The molecule has 8 nitrogen and oxygen atoms in total. The van der Waals surface area contributed by atoms with E-state index in [1.807, 2.05) is 35.2 Å². The third-order valence-corrected chi connectivity index (χ3v) is 7.28. The van der Waals surface area contributed by atoms with Crippen LogP contribution in [0.5, 0.6) is 0 Å². The van der Waals surface area contributed by atoms with Crippen LogP contribution in [0.15, 0.2) is 76.2 Å². The number of piperazine rings is 1. The highest BCUT2D eigenvalue weighted by Gasteiger charge is 2.30. The van der Waals surface area contributed by atoms with Gasteiger partial charge in [0.05, 0.1) is 5.69 Å². The number of anilines is 1. The summed E-state index contributed by atoms with van der Waals surface area (Å²) in [6, 6.07) is 17.3. The number of sulfonamides is 1. The van der Waals surface area contributed by atoms with E-state index >= 15 is 0 Å². The van der Waals surface area contributed by atoms with Crippen LogP contribution in [-0.2, 0) is 10.0 Å². The van der Waals surface area contributed by atoms with Gasteiger partial charge in [0.25, 0.3) is 5.89 Å². The fraction of sp³-hybridized carbons (Fsp3) is 0.182. The van der Waals surface area contributed by atoms with Crippen LogP contribution >= 0.6 is 0 Å². The van der Waals surface area contributed by atoms with E-state index in [1.165, 1.54) is 22.6 Å². The van der Waals surface area contributed by atoms with Gasteiger partial charge >= 0.3 is 0 Å². The topological polar surface area (TPSA) is 95.3 Å². The molecular formula is C22H20FN5O3S. The van der Waals surface area contributed by atoms with Crippen molar-refractivity contribution in [1.29, 1.82) is 0 Å². The number of benzene rings is 2. The maximum absolute atomic E-state index is 14.0. The highest BCUT2D eigenvalue weighted by Crippen LogP contribution is 2.27. The third-order valence-electron chi connectivity index (χ3n) is 5.40. The average Bonchev–Trinajstić information content (AvgIpc) is 3.51. The van der Waals surface area contributed by atoms with Crippen molar-refractivity contribution in [2.24, 2.45) is 0 Å². The first-order valence-corrected chi connectivity index (χ1v) is 11.5. The number of rotatable bonds is 5. The van der Waals surface area contributed by atoms with Crippen molar-refractivity contribution in [2.75, 3.05) is 31.1 Å². The molecule has 0 atom stereocenters. The standard InChI is InChI=1S/C22H20FN5O3S/c23-18-8-4-5-9-20(18)27-10-12-28(13-11-27)32(29,30)17-14-19(24-15-17)22-26-25-21(31-22)16-6-2-1-3-7-16/h1-9,14-15,24H,10-13H2. The monoisotopic (exact) mass is 453 g/mol.